The number of imidazole rings is 1. The molecule has 0 radical (unpaired) electrons. The van der Waals surface area contributed by atoms with Crippen LogP contribution in [0.4, 0.5) is 0 Å². The number of halogens is 1. The van der Waals surface area contributed by atoms with Gasteiger partial charge in [-0.25, -0.2) is 4.98 Å². The van der Waals surface area contributed by atoms with Gasteiger partial charge in [-0.15, -0.1) is 0 Å². The molecule has 2 rings (SSSR count). The number of aromatic amines is 1. The Morgan fingerprint density at radius 2 is 2.41 bits per heavy atom. The number of aromatic nitrogens is 3. The third-order valence-corrected chi connectivity index (χ3v) is 3.22. The van der Waals surface area contributed by atoms with Gasteiger partial charge in [0.1, 0.15) is 0 Å². The summed E-state index contributed by atoms with van der Waals surface area (Å²) in [7, 11) is 0. The van der Waals surface area contributed by atoms with Crippen molar-refractivity contribution >= 4 is 39.3 Å². The van der Waals surface area contributed by atoms with Crippen molar-refractivity contribution in [3.05, 3.63) is 21.5 Å². The first-order valence-electron chi connectivity index (χ1n) is 5.47. The van der Waals surface area contributed by atoms with Gasteiger partial charge in [-0.05, 0) is 48.1 Å². The molecule has 0 amide bonds. The van der Waals surface area contributed by atoms with Gasteiger partial charge in [-0.3, -0.25) is 4.57 Å². The van der Waals surface area contributed by atoms with Crippen LogP contribution in [0.25, 0.3) is 11.2 Å². The minimum Gasteiger partial charge on any atom is -0.377 e. The molecule has 0 saturated heterocycles. The van der Waals surface area contributed by atoms with Gasteiger partial charge in [-0.2, -0.15) is 0 Å². The number of hydrogen-bond donors (Lipinski definition) is 1. The highest BCUT2D eigenvalue weighted by molar-refractivity contribution is 9.10. The van der Waals surface area contributed by atoms with Crippen molar-refractivity contribution in [2.45, 2.75) is 26.5 Å². The van der Waals surface area contributed by atoms with Crippen molar-refractivity contribution in [3.8, 4) is 0 Å². The second kappa shape index (κ2) is 5.29. The molecule has 0 aliphatic heterocycles. The van der Waals surface area contributed by atoms with E-state index < -0.39 is 0 Å². The summed E-state index contributed by atoms with van der Waals surface area (Å²) in [6.45, 7) is 5.43. The van der Waals surface area contributed by atoms with Crippen molar-refractivity contribution in [2.24, 2.45) is 0 Å². The van der Waals surface area contributed by atoms with E-state index in [4.69, 9.17) is 17.0 Å². The minimum atomic E-state index is 0.121. The van der Waals surface area contributed by atoms with Crippen LogP contribution in [0, 0.1) is 4.77 Å². The molecule has 2 aromatic heterocycles. The van der Waals surface area contributed by atoms with E-state index in [2.05, 4.69) is 25.9 Å². The Balaban J connectivity index is 2.40. The standard InChI is InChI=1S/C11H14BrN3OS/c1-3-16-7(2)6-15-10-9(14-11(15)17)4-8(12)5-13-10/h4-5,7H,3,6H2,1-2H3,(H,14,17). The normalized spacial score (nSPS) is 13.1. The second-order valence-corrected chi connectivity index (χ2v) is 5.13. The van der Waals surface area contributed by atoms with Gasteiger partial charge < -0.3 is 9.72 Å². The van der Waals surface area contributed by atoms with Gasteiger partial charge in [0, 0.05) is 17.3 Å². The maximum absolute atomic E-state index is 5.52. The Kier molecular flexibility index (Phi) is 3.96. The maximum Gasteiger partial charge on any atom is 0.179 e. The molecule has 0 aliphatic carbocycles. The predicted molar refractivity (Wildman–Crippen MR) is 73.7 cm³/mol. The third-order valence-electron chi connectivity index (χ3n) is 2.47. The number of fused-ring (bicyclic) bond motifs is 1. The monoisotopic (exact) mass is 315 g/mol. The molecule has 4 nitrogen and oxygen atoms in total. The van der Waals surface area contributed by atoms with Crippen molar-refractivity contribution in [2.75, 3.05) is 6.61 Å². The number of rotatable bonds is 4. The van der Waals surface area contributed by atoms with E-state index in [-0.39, 0.29) is 6.10 Å². The first-order chi connectivity index (χ1) is 8.11. The van der Waals surface area contributed by atoms with E-state index in [9.17, 15) is 0 Å². The van der Waals surface area contributed by atoms with E-state index in [0.717, 1.165) is 15.6 Å². The highest BCUT2D eigenvalue weighted by Gasteiger charge is 2.09. The van der Waals surface area contributed by atoms with Crippen LogP contribution in [0.1, 0.15) is 13.8 Å². The SMILES string of the molecule is CCOC(C)Cn1c(=S)[nH]c2cc(Br)cnc21. The zero-order valence-corrected chi connectivity index (χ0v) is 12.1. The summed E-state index contributed by atoms with van der Waals surface area (Å²) in [6, 6.07) is 1.97. The van der Waals surface area contributed by atoms with Gasteiger partial charge in [-0.1, -0.05) is 0 Å². The molecule has 2 heterocycles. The van der Waals surface area contributed by atoms with Crippen LogP contribution in [-0.4, -0.2) is 27.2 Å². The number of nitrogens with zero attached hydrogens (tertiary/aromatic N) is 2. The van der Waals surface area contributed by atoms with Crippen LogP contribution in [0.5, 0.6) is 0 Å². The molecule has 1 N–H and O–H groups in total. The first-order valence-corrected chi connectivity index (χ1v) is 6.67. The second-order valence-electron chi connectivity index (χ2n) is 3.83. The van der Waals surface area contributed by atoms with Crippen molar-refractivity contribution in [1.82, 2.24) is 14.5 Å². The van der Waals surface area contributed by atoms with Gasteiger partial charge in [0.15, 0.2) is 10.4 Å². The summed E-state index contributed by atoms with van der Waals surface area (Å²) in [6.07, 6.45) is 1.89. The summed E-state index contributed by atoms with van der Waals surface area (Å²) in [4.78, 5) is 7.52. The number of ether oxygens (including phenoxy) is 1. The lowest BCUT2D eigenvalue weighted by Gasteiger charge is -2.12. The van der Waals surface area contributed by atoms with Gasteiger partial charge >= 0.3 is 0 Å². The van der Waals surface area contributed by atoms with Gasteiger partial charge in [0.05, 0.1) is 18.2 Å². The van der Waals surface area contributed by atoms with Crippen LogP contribution in [-0.2, 0) is 11.3 Å². The van der Waals surface area contributed by atoms with Crippen LogP contribution in [0.15, 0.2) is 16.7 Å². The Hall–Kier alpha value is -0.720. The first kappa shape index (κ1) is 12.7. The Morgan fingerprint density at radius 3 is 3.12 bits per heavy atom. The van der Waals surface area contributed by atoms with Crippen molar-refractivity contribution < 1.29 is 4.74 Å². The average molecular weight is 316 g/mol. The topological polar surface area (TPSA) is 42.8 Å². The molecule has 1 unspecified atom stereocenters. The lowest BCUT2D eigenvalue weighted by Crippen LogP contribution is -2.16. The molecule has 0 aliphatic rings. The Bertz CT molecular complexity index is 578. The quantitative estimate of drug-likeness (QED) is 0.880. The number of pyridine rings is 1. The lowest BCUT2D eigenvalue weighted by atomic mass is 10.4. The molecular formula is C11H14BrN3OS. The number of H-pyrrole nitrogens is 1. The van der Waals surface area contributed by atoms with Crippen LogP contribution in [0.2, 0.25) is 0 Å². The zero-order chi connectivity index (χ0) is 12.4. The average Bonchev–Trinajstić information content (AvgIpc) is 2.55. The molecule has 1 atom stereocenters. The minimum absolute atomic E-state index is 0.121. The number of nitrogens with one attached hydrogen (secondary N) is 1. The molecule has 6 heteroatoms. The molecule has 92 valence electrons. The van der Waals surface area contributed by atoms with Crippen molar-refractivity contribution in [1.29, 1.82) is 0 Å². The van der Waals surface area contributed by atoms with Gasteiger partial charge in [0.25, 0.3) is 0 Å². The Morgan fingerprint density at radius 1 is 1.65 bits per heavy atom. The maximum atomic E-state index is 5.52. The molecule has 17 heavy (non-hydrogen) atoms. The molecule has 0 aromatic carbocycles. The predicted octanol–water partition coefficient (Wildman–Crippen LogP) is 3.28. The zero-order valence-electron chi connectivity index (χ0n) is 9.74. The van der Waals surface area contributed by atoms with Gasteiger partial charge in [0.2, 0.25) is 0 Å². The lowest BCUT2D eigenvalue weighted by molar-refractivity contribution is 0.0644. The fourth-order valence-corrected chi connectivity index (χ4v) is 2.38. The molecule has 0 spiro atoms. The number of hydrogen-bond acceptors (Lipinski definition) is 3. The van der Waals surface area contributed by atoms with Crippen LogP contribution < -0.4 is 0 Å². The summed E-state index contributed by atoms with van der Waals surface area (Å²) in [5.41, 5.74) is 1.80. The fraction of sp³-hybridized carbons (Fsp3) is 0.455. The third kappa shape index (κ3) is 2.75. The van der Waals surface area contributed by atoms with E-state index in [1.165, 1.54) is 0 Å². The summed E-state index contributed by atoms with van der Waals surface area (Å²) >= 11 is 8.69. The van der Waals surface area contributed by atoms with Crippen LogP contribution >= 0.6 is 28.1 Å². The fourth-order valence-electron chi connectivity index (χ4n) is 1.78. The van der Waals surface area contributed by atoms with Crippen LogP contribution in [0.3, 0.4) is 0 Å². The smallest absolute Gasteiger partial charge is 0.179 e. The highest BCUT2D eigenvalue weighted by atomic mass is 79.9. The van der Waals surface area contributed by atoms with E-state index in [0.29, 0.717) is 17.9 Å². The summed E-state index contributed by atoms with van der Waals surface area (Å²) in [5, 5.41) is 0. The molecule has 0 bridgehead atoms. The van der Waals surface area contributed by atoms with E-state index in [1.807, 2.05) is 24.5 Å². The highest BCUT2D eigenvalue weighted by Crippen LogP contribution is 2.17. The summed E-state index contributed by atoms with van der Waals surface area (Å²) in [5.74, 6) is 0. The molecule has 2 aromatic rings. The molecule has 0 saturated carbocycles. The molecular weight excluding hydrogens is 302 g/mol. The van der Waals surface area contributed by atoms with E-state index >= 15 is 0 Å². The molecule has 0 fully saturated rings. The summed E-state index contributed by atoms with van der Waals surface area (Å²) < 4.78 is 9.11. The Labute approximate surface area is 113 Å². The van der Waals surface area contributed by atoms with Crippen molar-refractivity contribution in [3.63, 3.8) is 0 Å². The largest absolute Gasteiger partial charge is 0.377 e. The van der Waals surface area contributed by atoms with E-state index in [1.54, 1.807) is 6.20 Å².